The number of thiophene rings is 1. The molecular weight excluding hydrogens is 432 g/mol. The molecule has 2 heterocycles. The van der Waals surface area contributed by atoms with Crippen LogP contribution in [-0.2, 0) is 17.6 Å². The van der Waals surface area contributed by atoms with E-state index in [1.807, 2.05) is 23.1 Å². The smallest absolute Gasteiger partial charge is 0.250 e. The predicted octanol–water partition coefficient (Wildman–Crippen LogP) is 4.69. The minimum Gasteiger partial charge on any atom is -0.497 e. The molecular formula is C26H36N4O2S. The summed E-state index contributed by atoms with van der Waals surface area (Å²) in [5.74, 6) is 1.38. The van der Waals surface area contributed by atoms with Crippen LogP contribution in [0.1, 0.15) is 54.3 Å². The lowest BCUT2D eigenvalue weighted by Gasteiger charge is -2.23. The minimum absolute atomic E-state index is 0.0502. The van der Waals surface area contributed by atoms with E-state index in [0.717, 1.165) is 67.0 Å². The Bertz CT molecular complexity index is 979. The maximum atomic E-state index is 13.5. The summed E-state index contributed by atoms with van der Waals surface area (Å²) in [6, 6.07) is 10.1. The highest BCUT2D eigenvalue weighted by molar-refractivity contribution is 7.13. The average molecular weight is 469 g/mol. The van der Waals surface area contributed by atoms with E-state index in [4.69, 9.17) is 16.2 Å². The molecule has 0 aliphatic carbocycles. The van der Waals surface area contributed by atoms with Crippen molar-refractivity contribution in [2.75, 3.05) is 26.7 Å². The van der Waals surface area contributed by atoms with Crippen LogP contribution in [0.15, 0.2) is 40.9 Å². The maximum Gasteiger partial charge on any atom is 0.250 e. The maximum absolute atomic E-state index is 13.5. The number of nitrogens with two attached hydrogens (primary N) is 2. The van der Waals surface area contributed by atoms with Gasteiger partial charge in [-0.3, -0.25) is 4.79 Å². The number of aryl methyl sites for hydroxylation is 1. The standard InChI is InChI=1S/C26H36N4O2S/c1-3-14-30(15-12-19-8-10-21(32-2)11-9-19)26(31)20-16-24-23(29-25(28)17-20)18-22(33-24)7-5-4-6-13-27/h8-11,16,18H,3-7,12-15,17,27H2,1-2H3,(H2,28,29). The van der Waals surface area contributed by atoms with Crippen LogP contribution in [-0.4, -0.2) is 43.4 Å². The number of hydrogen-bond donors (Lipinski definition) is 2. The Morgan fingerprint density at radius 3 is 2.64 bits per heavy atom. The van der Waals surface area contributed by atoms with Crippen molar-refractivity contribution in [3.05, 3.63) is 51.2 Å². The first kappa shape index (κ1) is 25.0. The summed E-state index contributed by atoms with van der Waals surface area (Å²) in [5.41, 5.74) is 14.6. The van der Waals surface area contributed by atoms with Gasteiger partial charge in [-0.1, -0.05) is 25.5 Å². The molecule has 1 amide bonds. The molecule has 0 spiro atoms. The number of rotatable bonds is 12. The number of aliphatic imine (C=N–C) groups is 1. The Morgan fingerprint density at radius 2 is 1.94 bits per heavy atom. The molecule has 7 heteroatoms. The Labute approximate surface area is 201 Å². The van der Waals surface area contributed by atoms with Gasteiger partial charge < -0.3 is 21.1 Å². The van der Waals surface area contributed by atoms with Gasteiger partial charge in [0.25, 0.3) is 0 Å². The molecule has 0 atom stereocenters. The van der Waals surface area contributed by atoms with Crippen LogP contribution in [0.4, 0.5) is 5.69 Å². The molecule has 1 aliphatic heterocycles. The van der Waals surface area contributed by atoms with Gasteiger partial charge in [-0.05, 0) is 68.5 Å². The topological polar surface area (TPSA) is 93.9 Å². The molecule has 2 aromatic rings. The third-order valence-electron chi connectivity index (χ3n) is 5.74. The van der Waals surface area contributed by atoms with Crippen molar-refractivity contribution >= 4 is 34.8 Å². The average Bonchev–Trinajstić information content (AvgIpc) is 3.11. The fourth-order valence-electron chi connectivity index (χ4n) is 3.96. The molecule has 0 fully saturated rings. The van der Waals surface area contributed by atoms with Gasteiger partial charge in [0.1, 0.15) is 11.6 Å². The van der Waals surface area contributed by atoms with Gasteiger partial charge in [-0.2, -0.15) is 0 Å². The number of carbonyl (C=O) groups is 1. The number of fused-ring (bicyclic) bond motifs is 1. The summed E-state index contributed by atoms with van der Waals surface area (Å²) < 4.78 is 5.24. The van der Waals surface area contributed by atoms with E-state index >= 15 is 0 Å². The second kappa shape index (κ2) is 12.6. The lowest BCUT2D eigenvalue weighted by Crippen LogP contribution is -2.35. The SMILES string of the molecule is CCCN(CCc1ccc(OC)cc1)C(=O)C1=Cc2sc(CCCCCN)cc2N=C(N)C1. The zero-order valence-corrected chi connectivity index (χ0v) is 20.6. The van der Waals surface area contributed by atoms with Crippen molar-refractivity contribution in [1.82, 2.24) is 4.90 Å². The van der Waals surface area contributed by atoms with Gasteiger partial charge in [0, 0.05) is 30.0 Å². The monoisotopic (exact) mass is 468 g/mol. The number of amides is 1. The van der Waals surface area contributed by atoms with E-state index in [1.165, 1.54) is 10.4 Å². The Hall–Kier alpha value is -2.64. The number of methoxy groups -OCH3 is 1. The number of carbonyl (C=O) groups excluding carboxylic acids is 1. The summed E-state index contributed by atoms with van der Waals surface area (Å²) in [5, 5.41) is 0. The third-order valence-corrected chi connectivity index (χ3v) is 6.88. The summed E-state index contributed by atoms with van der Waals surface area (Å²) in [7, 11) is 1.66. The van der Waals surface area contributed by atoms with Crippen molar-refractivity contribution in [2.24, 2.45) is 16.5 Å². The number of amidine groups is 1. The van der Waals surface area contributed by atoms with Crippen molar-refractivity contribution in [2.45, 2.75) is 51.9 Å². The van der Waals surface area contributed by atoms with Crippen molar-refractivity contribution < 1.29 is 9.53 Å². The molecule has 0 bridgehead atoms. The third kappa shape index (κ3) is 7.17. The van der Waals surface area contributed by atoms with Gasteiger partial charge in [-0.25, -0.2) is 4.99 Å². The highest BCUT2D eigenvalue weighted by Gasteiger charge is 2.22. The van der Waals surface area contributed by atoms with Crippen molar-refractivity contribution in [1.29, 1.82) is 0 Å². The van der Waals surface area contributed by atoms with E-state index < -0.39 is 0 Å². The van der Waals surface area contributed by atoms with E-state index in [1.54, 1.807) is 18.4 Å². The van der Waals surface area contributed by atoms with Crippen LogP contribution in [0.2, 0.25) is 0 Å². The van der Waals surface area contributed by atoms with Crippen molar-refractivity contribution in [3.63, 3.8) is 0 Å². The van der Waals surface area contributed by atoms with E-state index in [0.29, 0.717) is 25.3 Å². The molecule has 0 unspecified atom stereocenters. The van der Waals surface area contributed by atoms with Gasteiger partial charge in [-0.15, -0.1) is 11.3 Å². The van der Waals surface area contributed by atoms with Gasteiger partial charge in [0.15, 0.2) is 0 Å². The summed E-state index contributed by atoms with van der Waals surface area (Å²) >= 11 is 1.72. The fraction of sp³-hybridized carbons (Fsp3) is 0.462. The lowest BCUT2D eigenvalue weighted by atomic mass is 10.1. The van der Waals surface area contributed by atoms with Gasteiger partial charge in [0.2, 0.25) is 5.91 Å². The molecule has 0 radical (unpaired) electrons. The second-order valence-corrected chi connectivity index (χ2v) is 9.57. The van der Waals surface area contributed by atoms with Crippen LogP contribution in [0, 0.1) is 0 Å². The molecule has 0 saturated heterocycles. The zero-order chi connectivity index (χ0) is 23.6. The number of hydrogen-bond acceptors (Lipinski definition) is 6. The molecule has 6 nitrogen and oxygen atoms in total. The van der Waals surface area contributed by atoms with Gasteiger partial charge in [0.05, 0.1) is 17.7 Å². The largest absolute Gasteiger partial charge is 0.497 e. The number of ether oxygens (including phenoxy) is 1. The first-order valence-electron chi connectivity index (χ1n) is 11.8. The Kier molecular flexibility index (Phi) is 9.51. The molecule has 33 heavy (non-hydrogen) atoms. The van der Waals surface area contributed by atoms with E-state index in [9.17, 15) is 4.79 Å². The van der Waals surface area contributed by atoms with Crippen LogP contribution in [0.3, 0.4) is 0 Å². The number of nitrogens with zero attached hydrogens (tertiary/aromatic N) is 2. The van der Waals surface area contributed by atoms with Crippen molar-refractivity contribution in [3.8, 4) is 5.75 Å². The molecule has 4 N–H and O–H groups in total. The van der Waals surface area contributed by atoms with E-state index in [2.05, 4.69) is 30.1 Å². The molecule has 1 aliphatic rings. The minimum atomic E-state index is 0.0502. The highest BCUT2D eigenvalue weighted by Crippen LogP contribution is 2.35. The van der Waals surface area contributed by atoms with E-state index in [-0.39, 0.29) is 5.91 Å². The molecule has 1 aromatic carbocycles. The fourth-order valence-corrected chi connectivity index (χ4v) is 5.07. The number of benzene rings is 1. The summed E-state index contributed by atoms with van der Waals surface area (Å²) in [6.07, 6.45) is 8.39. The Morgan fingerprint density at radius 1 is 1.15 bits per heavy atom. The second-order valence-electron chi connectivity index (χ2n) is 8.40. The molecule has 0 saturated carbocycles. The van der Waals surface area contributed by atoms with Crippen LogP contribution in [0.25, 0.3) is 6.08 Å². The first-order valence-corrected chi connectivity index (χ1v) is 12.6. The van der Waals surface area contributed by atoms with Gasteiger partial charge >= 0.3 is 0 Å². The normalized spacial score (nSPS) is 13.1. The highest BCUT2D eigenvalue weighted by atomic mass is 32.1. The number of unbranched alkanes of at least 4 members (excludes halogenated alkanes) is 2. The lowest BCUT2D eigenvalue weighted by molar-refractivity contribution is -0.127. The quantitative estimate of drug-likeness (QED) is 0.442. The predicted molar refractivity (Wildman–Crippen MR) is 138 cm³/mol. The summed E-state index contributed by atoms with van der Waals surface area (Å²) in [4.78, 5) is 22.3. The van der Waals surface area contributed by atoms with Crippen LogP contribution >= 0.6 is 11.3 Å². The molecule has 178 valence electrons. The Balaban J connectivity index is 1.72. The molecule has 1 aromatic heterocycles. The first-order chi connectivity index (χ1) is 16.0. The molecule has 3 rings (SSSR count). The van der Waals surface area contributed by atoms with Crippen LogP contribution in [0.5, 0.6) is 5.75 Å². The summed E-state index contributed by atoms with van der Waals surface area (Å²) in [6.45, 7) is 4.21. The zero-order valence-electron chi connectivity index (χ0n) is 19.8. The van der Waals surface area contributed by atoms with Crippen LogP contribution < -0.4 is 16.2 Å².